The smallest absolute Gasteiger partial charge is 0.0914 e. The van der Waals surface area contributed by atoms with Crippen molar-refractivity contribution >= 4 is 22.6 Å². The molecular weight excluding hydrogens is 301 g/mol. The van der Waals surface area contributed by atoms with Crippen molar-refractivity contribution in [3.05, 3.63) is 33.4 Å². The lowest BCUT2D eigenvalue weighted by Gasteiger charge is -2.11. The van der Waals surface area contributed by atoms with Gasteiger partial charge in [0.15, 0.2) is 0 Å². The molecular formula is C12H18INO. The molecule has 1 rings (SSSR count). The van der Waals surface area contributed by atoms with Gasteiger partial charge in [-0.15, -0.1) is 0 Å². The van der Waals surface area contributed by atoms with E-state index in [4.69, 9.17) is 0 Å². The van der Waals surface area contributed by atoms with E-state index in [2.05, 4.69) is 34.8 Å². The van der Waals surface area contributed by atoms with Gasteiger partial charge in [-0.2, -0.15) is 0 Å². The van der Waals surface area contributed by atoms with Gasteiger partial charge in [-0.1, -0.05) is 25.5 Å². The minimum Gasteiger partial charge on any atom is -0.387 e. The Kier molecular flexibility index (Phi) is 6.20. The molecule has 3 heteroatoms. The van der Waals surface area contributed by atoms with E-state index >= 15 is 0 Å². The number of hydrogen-bond acceptors (Lipinski definition) is 2. The van der Waals surface area contributed by atoms with Gasteiger partial charge in [-0.3, -0.25) is 0 Å². The third kappa shape index (κ3) is 4.95. The topological polar surface area (TPSA) is 32.3 Å². The summed E-state index contributed by atoms with van der Waals surface area (Å²) < 4.78 is 1.20. The Morgan fingerprint density at radius 2 is 2.00 bits per heavy atom. The fourth-order valence-electron chi connectivity index (χ4n) is 1.34. The zero-order valence-electron chi connectivity index (χ0n) is 9.04. The van der Waals surface area contributed by atoms with Gasteiger partial charge in [-0.25, -0.2) is 0 Å². The molecule has 0 radical (unpaired) electrons. The highest BCUT2D eigenvalue weighted by molar-refractivity contribution is 14.1. The molecule has 15 heavy (non-hydrogen) atoms. The van der Waals surface area contributed by atoms with Crippen molar-refractivity contribution in [2.75, 3.05) is 13.1 Å². The minimum atomic E-state index is -0.390. The maximum Gasteiger partial charge on any atom is 0.0914 e. The van der Waals surface area contributed by atoms with Crippen LogP contribution in [-0.2, 0) is 0 Å². The number of aliphatic hydroxyl groups is 1. The Bertz CT molecular complexity index is 273. The van der Waals surface area contributed by atoms with Gasteiger partial charge in [0, 0.05) is 10.1 Å². The summed E-state index contributed by atoms with van der Waals surface area (Å²) in [6.45, 7) is 3.79. The summed E-state index contributed by atoms with van der Waals surface area (Å²) >= 11 is 2.26. The van der Waals surface area contributed by atoms with Crippen molar-refractivity contribution in [1.29, 1.82) is 0 Å². The van der Waals surface area contributed by atoms with Crippen LogP contribution in [0.15, 0.2) is 24.3 Å². The fourth-order valence-corrected chi connectivity index (χ4v) is 1.70. The molecule has 2 nitrogen and oxygen atoms in total. The number of unbranched alkanes of at least 4 members (excludes halogenated alkanes) is 1. The molecule has 0 saturated carbocycles. The summed E-state index contributed by atoms with van der Waals surface area (Å²) in [6.07, 6.45) is 1.96. The van der Waals surface area contributed by atoms with E-state index in [0.29, 0.717) is 6.54 Å². The lowest BCUT2D eigenvalue weighted by Crippen LogP contribution is -2.22. The van der Waals surface area contributed by atoms with Crippen molar-refractivity contribution in [3.63, 3.8) is 0 Å². The minimum absolute atomic E-state index is 0.390. The molecule has 1 atom stereocenters. The number of halogens is 1. The zero-order valence-corrected chi connectivity index (χ0v) is 11.2. The standard InChI is InChI=1S/C12H18INO/c1-2-3-8-14-9-12(15)10-4-6-11(13)7-5-10/h4-7,12,14-15H,2-3,8-9H2,1H3/t12-/m1/s1. The molecule has 84 valence electrons. The maximum atomic E-state index is 9.85. The van der Waals surface area contributed by atoms with E-state index in [-0.39, 0.29) is 6.10 Å². The highest BCUT2D eigenvalue weighted by Crippen LogP contribution is 2.13. The number of nitrogens with one attached hydrogen (secondary N) is 1. The fraction of sp³-hybridized carbons (Fsp3) is 0.500. The number of hydrogen-bond donors (Lipinski definition) is 2. The van der Waals surface area contributed by atoms with Gasteiger partial charge in [0.05, 0.1) is 6.10 Å². The van der Waals surface area contributed by atoms with E-state index in [9.17, 15) is 5.11 Å². The number of rotatable bonds is 6. The highest BCUT2D eigenvalue weighted by atomic mass is 127. The Morgan fingerprint density at radius 3 is 2.60 bits per heavy atom. The first-order valence-electron chi connectivity index (χ1n) is 5.38. The molecule has 0 heterocycles. The zero-order chi connectivity index (χ0) is 11.1. The van der Waals surface area contributed by atoms with E-state index < -0.39 is 0 Å². The van der Waals surface area contributed by atoms with Crippen molar-refractivity contribution in [2.24, 2.45) is 0 Å². The summed E-state index contributed by atoms with van der Waals surface area (Å²) in [5, 5.41) is 13.1. The van der Waals surface area contributed by atoms with Crippen molar-refractivity contribution in [1.82, 2.24) is 5.32 Å². The molecule has 0 saturated heterocycles. The molecule has 0 aliphatic heterocycles. The third-order valence-corrected chi connectivity index (χ3v) is 3.02. The lowest BCUT2D eigenvalue weighted by molar-refractivity contribution is 0.175. The van der Waals surface area contributed by atoms with E-state index in [1.54, 1.807) is 0 Å². The summed E-state index contributed by atoms with van der Waals surface area (Å²) in [7, 11) is 0. The Hall–Kier alpha value is -0.130. The van der Waals surface area contributed by atoms with Gasteiger partial charge in [0.1, 0.15) is 0 Å². The predicted molar refractivity (Wildman–Crippen MR) is 71.9 cm³/mol. The first-order chi connectivity index (χ1) is 7.24. The number of benzene rings is 1. The third-order valence-electron chi connectivity index (χ3n) is 2.30. The van der Waals surface area contributed by atoms with Crippen LogP contribution >= 0.6 is 22.6 Å². The van der Waals surface area contributed by atoms with Crippen molar-refractivity contribution in [2.45, 2.75) is 25.9 Å². The van der Waals surface area contributed by atoms with Crippen LogP contribution in [-0.4, -0.2) is 18.2 Å². The molecule has 0 fully saturated rings. The van der Waals surface area contributed by atoms with Crippen LogP contribution in [0.5, 0.6) is 0 Å². The van der Waals surface area contributed by atoms with Gasteiger partial charge >= 0.3 is 0 Å². The second kappa shape index (κ2) is 7.19. The number of aliphatic hydroxyl groups excluding tert-OH is 1. The van der Waals surface area contributed by atoms with Crippen LogP contribution in [0.25, 0.3) is 0 Å². The first kappa shape index (κ1) is 12.9. The Balaban J connectivity index is 2.33. The van der Waals surface area contributed by atoms with Gasteiger partial charge in [0.25, 0.3) is 0 Å². The predicted octanol–water partition coefficient (Wildman–Crippen LogP) is 2.71. The lowest BCUT2D eigenvalue weighted by atomic mass is 10.1. The van der Waals surface area contributed by atoms with Crippen LogP contribution in [0.2, 0.25) is 0 Å². The summed E-state index contributed by atoms with van der Waals surface area (Å²) in [4.78, 5) is 0. The molecule has 1 aromatic rings. The Morgan fingerprint density at radius 1 is 1.33 bits per heavy atom. The maximum absolute atomic E-state index is 9.85. The molecule has 0 bridgehead atoms. The van der Waals surface area contributed by atoms with Crippen LogP contribution in [0.3, 0.4) is 0 Å². The second-order valence-corrected chi connectivity index (χ2v) is 4.87. The average molecular weight is 319 g/mol. The molecule has 0 amide bonds. The SMILES string of the molecule is CCCCNC[C@@H](O)c1ccc(I)cc1. The van der Waals surface area contributed by atoms with E-state index in [0.717, 1.165) is 12.1 Å². The second-order valence-electron chi connectivity index (χ2n) is 3.63. The molecule has 0 aliphatic carbocycles. The van der Waals surface area contributed by atoms with Gasteiger partial charge < -0.3 is 10.4 Å². The molecule has 1 aromatic carbocycles. The van der Waals surface area contributed by atoms with Crippen LogP contribution < -0.4 is 5.32 Å². The quantitative estimate of drug-likeness (QED) is 0.624. The summed E-state index contributed by atoms with van der Waals surface area (Å²) in [5.41, 5.74) is 0.986. The van der Waals surface area contributed by atoms with E-state index in [1.807, 2.05) is 24.3 Å². The van der Waals surface area contributed by atoms with Crippen LogP contribution in [0, 0.1) is 3.57 Å². The average Bonchev–Trinajstić information content (AvgIpc) is 2.25. The van der Waals surface area contributed by atoms with Crippen LogP contribution in [0.1, 0.15) is 31.4 Å². The van der Waals surface area contributed by atoms with Gasteiger partial charge in [0.2, 0.25) is 0 Å². The monoisotopic (exact) mass is 319 g/mol. The summed E-state index contributed by atoms with van der Waals surface area (Å²) in [6, 6.07) is 8.00. The van der Waals surface area contributed by atoms with Crippen molar-refractivity contribution < 1.29 is 5.11 Å². The molecule has 0 spiro atoms. The van der Waals surface area contributed by atoms with E-state index in [1.165, 1.54) is 16.4 Å². The first-order valence-corrected chi connectivity index (χ1v) is 6.46. The van der Waals surface area contributed by atoms with Gasteiger partial charge in [-0.05, 0) is 53.3 Å². The largest absolute Gasteiger partial charge is 0.387 e. The molecule has 0 aromatic heterocycles. The van der Waals surface area contributed by atoms with Crippen molar-refractivity contribution in [3.8, 4) is 0 Å². The van der Waals surface area contributed by atoms with Crippen LogP contribution in [0.4, 0.5) is 0 Å². The normalized spacial score (nSPS) is 12.7. The molecule has 0 unspecified atom stereocenters. The highest BCUT2D eigenvalue weighted by Gasteiger charge is 2.05. The molecule has 0 aliphatic rings. The Labute approximate surface area is 105 Å². The molecule has 2 N–H and O–H groups in total. The summed E-state index contributed by atoms with van der Waals surface area (Å²) in [5.74, 6) is 0.